The van der Waals surface area contributed by atoms with E-state index in [2.05, 4.69) is 38.9 Å². The summed E-state index contributed by atoms with van der Waals surface area (Å²) >= 11 is 1.79. The van der Waals surface area contributed by atoms with Crippen molar-refractivity contribution in [2.45, 2.75) is 39.4 Å². The lowest BCUT2D eigenvalue weighted by Gasteiger charge is -2.23. The van der Waals surface area contributed by atoms with Gasteiger partial charge in [0.2, 0.25) is 5.89 Å². The van der Waals surface area contributed by atoms with Gasteiger partial charge in [-0.3, -0.25) is 9.80 Å². The molecule has 0 unspecified atom stereocenters. The number of hydrogen-bond donors (Lipinski definition) is 0. The predicted octanol–water partition coefficient (Wildman–Crippen LogP) is 1.85. The molecule has 0 aromatic carbocycles. The third-order valence-electron chi connectivity index (χ3n) is 3.88. The third kappa shape index (κ3) is 3.66. The molecule has 2 aromatic rings. The molecule has 21 heavy (non-hydrogen) atoms. The number of hydrogen-bond acceptors (Lipinski definition) is 7. The summed E-state index contributed by atoms with van der Waals surface area (Å²) in [7, 11) is 2.14. The number of likely N-dealkylation sites (tertiary alicyclic amines) is 1. The van der Waals surface area contributed by atoms with Gasteiger partial charge in [0.25, 0.3) is 0 Å². The van der Waals surface area contributed by atoms with Gasteiger partial charge in [0.15, 0.2) is 5.82 Å². The van der Waals surface area contributed by atoms with E-state index in [4.69, 9.17) is 4.52 Å². The normalized spacial score (nSPS) is 19.7. The van der Waals surface area contributed by atoms with Crippen LogP contribution < -0.4 is 0 Å². The Bertz CT molecular complexity index is 596. The van der Waals surface area contributed by atoms with Gasteiger partial charge in [0, 0.05) is 43.7 Å². The molecule has 6 nitrogen and oxygen atoms in total. The fourth-order valence-electron chi connectivity index (χ4n) is 2.77. The van der Waals surface area contributed by atoms with Gasteiger partial charge in [-0.05, 0) is 20.4 Å². The van der Waals surface area contributed by atoms with Gasteiger partial charge in [-0.25, -0.2) is 4.98 Å². The molecule has 2 aromatic heterocycles. The molecular formula is C14H21N5OS. The van der Waals surface area contributed by atoms with Crippen LogP contribution in [0, 0.1) is 13.8 Å². The molecule has 114 valence electrons. The monoisotopic (exact) mass is 307 g/mol. The molecule has 0 saturated carbocycles. The Labute approximate surface area is 128 Å². The molecule has 0 spiro atoms. The number of nitrogens with zero attached hydrogens (tertiary/aromatic N) is 5. The highest BCUT2D eigenvalue weighted by atomic mass is 32.1. The van der Waals surface area contributed by atoms with Crippen LogP contribution in [0.5, 0.6) is 0 Å². The average molecular weight is 307 g/mol. The van der Waals surface area contributed by atoms with E-state index in [1.807, 2.05) is 13.1 Å². The van der Waals surface area contributed by atoms with Gasteiger partial charge >= 0.3 is 0 Å². The molecule has 3 rings (SSSR count). The number of aromatic nitrogens is 3. The Morgan fingerprint density at radius 2 is 2.33 bits per heavy atom. The molecule has 0 radical (unpaired) electrons. The van der Waals surface area contributed by atoms with Crippen molar-refractivity contribution in [1.82, 2.24) is 24.9 Å². The number of thiazole rings is 1. The van der Waals surface area contributed by atoms with Crippen LogP contribution in [-0.2, 0) is 13.1 Å². The highest BCUT2D eigenvalue weighted by molar-refractivity contribution is 7.11. The molecular weight excluding hydrogens is 286 g/mol. The van der Waals surface area contributed by atoms with E-state index in [-0.39, 0.29) is 0 Å². The first-order valence-corrected chi connectivity index (χ1v) is 8.05. The Hall–Kier alpha value is -1.31. The molecule has 0 N–H and O–H groups in total. The van der Waals surface area contributed by atoms with Gasteiger partial charge < -0.3 is 4.52 Å². The minimum atomic E-state index is 0.554. The van der Waals surface area contributed by atoms with E-state index in [1.54, 1.807) is 11.3 Å². The summed E-state index contributed by atoms with van der Waals surface area (Å²) in [4.78, 5) is 14.8. The lowest BCUT2D eigenvalue weighted by molar-refractivity contribution is 0.216. The molecule has 1 fully saturated rings. The van der Waals surface area contributed by atoms with E-state index >= 15 is 0 Å². The van der Waals surface area contributed by atoms with E-state index < -0.39 is 0 Å². The smallest absolute Gasteiger partial charge is 0.223 e. The maximum absolute atomic E-state index is 5.03. The lowest BCUT2D eigenvalue weighted by Crippen LogP contribution is -2.34. The van der Waals surface area contributed by atoms with Crippen molar-refractivity contribution >= 4 is 11.3 Å². The van der Waals surface area contributed by atoms with Gasteiger partial charge in [0.05, 0.1) is 11.6 Å². The van der Waals surface area contributed by atoms with Crippen LogP contribution in [0.3, 0.4) is 0 Å². The maximum atomic E-state index is 5.03. The minimum absolute atomic E-state index is 0.554. The van der Waals surface area contributed by atoms with Crippen molar-refractivity contribution in [3.05, 3.63) is 27.8 Å². The van der Waals surface area contributed by atoms with Crippen LogP contribution in [0.2, 0.25) is 0 Å². The molecule has 1 aliphatic heterocycles. The highest BCUT2D eigenvalue weighted by Crippen LogP contribution is 2.20. The summed E-state index contributed by atoms with van der Waals surface area (Å²) in [6.45, 7) is 7.86. The zero-order valence-corrected chi connectivity index (χ0v) is 13.6. The fraction of sp³-hybridized carbons (Fsp3) is 0.643. The van der Waals surface area contributed by atoms with Gasteiger partial charge in [-0.1, -0.05) is 5.16 Å². The summed E-state index contributed by atoms with van der Waals surface area (Å²) in [5.41, 5.74) is 0. The highest BCUT2D eigenvalue weighted by Gasteiger charge is 2.26. The second-order valence-corrected chi connectivity index (χ2v) is 6.99. The van der Waals surface area contributed by atoms with Crippen molar-refractivity contribution in [3.8, 4) is 0 Å². The number of rotatable bonds is 5. The van der Waals surface area contributed by atoms with Crippen LogP contribution in [-0.4, -0.2) is 51.1 Å². The quantitative estimate of drug-likeness (QED) is 0.840. The molecule has 7 heteroatoms. The average Bonchev–Trinajstić information content (AvgIpc) is 3.13. The fourth-order valence-corrected chi connectivity index (χ4v) is 3.61. The van der Waals surface area contributed by atoms with Crippen LogP contribution in [0.25, 0.3) is 0 Å². The summed E-state index contributed by atoms with van der Waals surface area (Å²) in [6, 6.07) is 0.554. The Kier molecular flexibility index (Phi) is 4.32. The van der Waals surface area contributed by atoms with Crippen molar-refractivity contribution in [1.29, 1.82) is 0 Å². The first kappa shape index (κ1) is 14.6. The molecule has 1 aliphatic rings. The first-order valence-electron chi connectivity index (χ1n) is 7.23. The Balaban J connectivity index is 1.51. The largest absolute Gasteiger partial charge is 0.340 e. The van der Waals surface area contributed by atoms with Crippen molar-refractivity contribution in [2.24, 2.45) is 0 Å². The zero-order chi connectivity index (χ0) is 14.8. The van der Waals surface area contributed by atoms with Crippen LogP contribution >= 0.6 is 11.3 Å². The molecule has 0 amide bonds. The van der Waals surface area contributed by atoms with Gasteiger partial charge in [-0.15, -0.1) is 11.3 Å². The van der Waals surface area contributed by atoms with Gasteiger partial charge in [-0.2, -0.15) is 4.98 Å². The van der Waals surface area contributed by atoms with E-state index in [1.165, 1.54) is 11.3 Å². The third-order valence-corrected chi connectivity index (χ3v) is 4.78. The van der Waals surface area contributed by atoms with Gasteiger partial charge in [0.1, 0.15) is 0 Å². The predicted molar refractivity (Wildman–Crippen MR) is 81.0 cm³/mol. The topological polar surface area (TPSA) is 58.3 Å². The lowest BCUT2D eigenvalue weighted by atomic mass is 10.2. The number of aryl methyl sites for hydroxylation is 2. The van der Waals surface area contributed by atoms with Crippen LogP contribution in [0.1, 0.15) is 28.0 Å². The SMILES string of the molecule is Cc1nc(CN(C)[C@@H]2CCN(Cc3cnc(C)s3)C2)no1. The second kappa shape index (κ2) is 6.21. The van der Waals surface area contributed by atoms with E-state index in [0.717, 1.165) is 37.0 Å². The van der Waals surface area contributed by atoms with Crippen LogP contribution in [0.15, 0.2) is 10.7 Å². The first-order chi connectivity index (χ1) is 10.1. The van der Waals surface area contributed by atoms with Crippen molar-refractivity contribution in [2.75, 3.05) is 20.1 Å². The number of likely N-dealkylation sites (N-methyl/N-ethyl adjacent to an activating group) is 1. The molecule has 0 aliphatic carbocycles. The van der Waals surface area contributed by atoms with E-state index in [9.17, 15) is 0 Å². The Morgan fingerprint density at radius 1 is 1.48 bits per heavy atom. The summed E-state index contributed by atoms with van der Waals surface area (Å²) < 4.78 is 5.03. The molecule has 0 bridgehead atoms. The standard InChI is InChI=1S/C14H21N5OS/c1-10-16-14(17-20-10)9-18(3)12-4-5-19(7-12)8-13-6-15-11(2)21-13/h6,12H,4-5,7-9H2,1-3H3/t12-/m1/s1. The summed E-state index contributed by atoms with van der Waals surface area (Å²) in [5.74, 6) is 1.40. The Morgan fingerprint density at radius 3 is 3.00 bits per heavy atom. The van der Waals surface area contributed by atoms with E-state index in [0.29, 0.717) is 11.9 Å². The minimum Gasteiger partial charge on any atom is -0.340 e. The van der Waals surface area contributed by atoms with Crippen molar-refractivity contribution < 1.29 is 4.52 Å². The summed E-state index contributed by atoms with van der Waals surface area (Å²) in [5, 5.41) is 5.11. The maximum Gasteiger partial charge on any atom is 0.223 e. The summed E-state index contributed by atoms with van der Waals surface area (Å²) in [6.07, 6.45) is 3.18. The molecule has 3 heterocycles. The molecule has 1 atom stereocenters. The second-order valence-electron chi connectivity index (χ2n) is 5.67. The van der Waals surface area contributed by atoms with Crippen LogP contribution in [0.4, 0.5) is 0 Å². The molecule has 1 saturated heterocycles. The zero-order valence-electron chi connectivity index (χ0n) is 12.7. The van der Waals surface area contributed by atoms with Crippen molar-refractivity contribution in [3.63, 3.8) is 0 Å².